The van der Waals surface area contributed by atoms with Gasteiger partial charge in [0.2, 0.25) is 0 Å². The highest BCUT2D eigenvalue weighted by Gasteiger charge is 2.36. The summed E-state index contributed by atoms with van der Waals surface area (Å²) in [6.07, 6.45) is 4.59. The van der Waals surface area contributed by atoms with E-state index in [1.54, 1.807) is 0 Å². The summed E-state index contributed by atoms with van der Waals surface area (Å²) in [7, 11) is -0.302. The molecule has 0 radical (unpaired) electrons. The lowest BCUT2D eigenvalue weighted by atomic mass is 9.97. The second kappa shape index (κ2) is 9.45. The van der Waals surface area contributed by atoms with Gasteiger partial charge >= 0.3 is 5.97 Å². The molecule has 1 atom stereocenters. The highest BCUT2D eigenvalue weighted by atomic mass is 28.4. The molecule has 0 fully saturated rings. The van der Waals surface area contributed by atoms with Crippen LogP contribution in [0.25, 0.3) is 0 Å². The van der Waals surface area contributed by atoms with E-state index in [2.05, 4.69) is 38.6 Å². The molecule has 0 aliphatic carbocycles. The van der Waals surface area contributed by atoms with Gasteiger partial charge in [0, 0.05) is 6.61 Å². The molecule has 0 aliphatic heterocycles. The Morgan fingerprint density at radius 3 is 2.05 bits per heavy atom. The first kappa shape index (κ1) is 21.3. The zero-order valence-electron chi connectivity index (χ0n) is 15.5. The van der Waals surface area contributed by atoms with E-state index in [4.69, 9.17) is 4.43 Å². The third-order valence-electron chi connectivity index (χ3n) is 4.63. The van der Waals surface area contributed by atoms with E-state index in [9.17, 15) is 9.59 Å². The van der Waals surface area contributed by atoms with E-state index < -0.39 is 20.2 Å². The van der Waals surface area contributed by atoms with Gasteiger partial charge in [-0.1, -0.05) is 40.0 Å². The van der Waals surface area contributed by atoms with Crippen LogP contribution in [-0.4, -0.2) is 33.8 Å². The van der Waals surface area contributed by atoms with Crippen LogP contribution >= 0.6 is 0 Å². The third kappa shape index (κ3) is 7.54. The first-order chi connectivity index (χ1) is 10.0. The predicted octanol–water partition coefficient (Wildman–Crippen LogP) is 4.34. The minimum absolute atomic E-state index is 0.104. The maximum Gasteiger partial charge on any atom is 0.316 e. The van der Waals surface area contributed by atoms with Gasteiger partial charge < -0.3 is 9.16 Å². The molecule has 0 spiro atoms. The summed E-state index contributed by atoms with van der Waals surface area (Å²) in [5, 5.41) is 0.252. The molecule has 0 amide bonds. The summed E-state index contributed by atoms with van der Waals surface area (Å²) in [6.45, 7) is 13.5. The zero-order chi connectivity index (χ0) is 17.4. The van der Waals surface area contributed by atoms with Gasteiger partial charge in [0.25, 0.3) is 0 Å². The highest BCUT2D eigenvalue weighted by Crippen LogP contribution is 2.36. The van der Waals surface area contributed by atoms with Crippen LogP contribution in [0.15, 0.2) is 0 Å². The average molecular weight is 331 g/mol. The Labute approximate surface area is 137 Å². The lowest BCUT2D eigenvalue weighted by Crippen LogP contribution is -2.40. The second-order valence-electron chi connectivity index (χ2n) is 7.50. The smallest absolute Gasteiger partial charge is 0.316 e. The van der Waals surface area contributed by atoms with Crippen LogP contribution < -0.4 is 0 Å². The summed E-state index contributed by atoms with van der Waals surface area (Å²) in [4.78, 5) is 22.9. The van der Waals surface area contributed by atoms with Crippen molar-refractivity contribution in [3.8, 4) is 0 Å². The number of carbonyl (C=O) groups excluding carboxylic acids is 2. The molecule has 0 aromatic rings. The van der Waals surface area contributed by atoms with Gasteiger partial charge in [0.15, 0.2) is 8.32 Å². The molecule has 0 aromatic carbocycles. The Morgan fingerprint density at radius 1 is 1.05 bits per heavy atom. The van der Waals surface area contributed by atoms with Crippen LogP contribution in [0.3, 0.4) is 0 Å². The van der Waals surface area contributed by atoms with Crippen molar-refractivity contribution in [3.63, 3.8) is 0 Å². The zero-order valence-corrected chi connectivity index (χ0v) is 16.5. The Bertz CT molecular complexity index is 358. The number of rotatable bonds is 10. The molecule has 0 rings (SSSR count). The maximum atomic E-state index is 11.5. The van der Waals surface area contributed by atoms with Gasteiger partial charge in [-0.25, -0.2) is 0 Å². The van der Waals surface area contributed by atoms with E-state index in [0.29, 0.717) is 6.42 Å². The van der Waals surface area contributed by atoms with Crippen LogP contribution in [-0.2, 0) is 18.8 Å². The Kier molecular flexibility index (Phi) is 9.16. The molecule has 0 aromatic heterocycles. The van der Waals surface area contributed by atoms with E-state index in [-0.39, 0.29) is 10.8 Å². The molecule has 22 heavy (non-hydrogen) atoms. The van der Waals surface area contributed by atoms with Crippen molar-refractivity contribution in [2.24, 2.45) is 5.92 Å². The number of methoxy groups -OCH3 is 1. The quantitative estimate of drug-likeness (QED) is 0.259. The van der Waals surface area contributed by atoms with E-state index in [1.807, 2.05) is 0 Å². The molecule has 0 bridgehead atoms. The van der Waals surface area contributed by atoms with Crippen LogP contribution in [0.4, 0.5) is 0 Å². The lowest BCUT2D eigenvalue weighted by Gasteiger charge is -2.36. The fourth-order valence-electron chi connectivity index (χ4n) is 1.98. The first-order valence-corrected chi connectivity index (χ1v) is 11.2. The van der Waals surface area contributed by atoms with E-state index in [1.165, 1.54) is 14.0 Å². The normalized spacial score (nSPS) is 13.8. The number of ether oxygens (including phenoxy) is 1. The molecule has 0 saturated carbocycles. The van der Waals surface area contributed by atoms with Crippen molar-refractivity contribution >= 4 is 20.1 Å². The van der Waals surface area contributed by atoms with Gasteiger partial charge in [-0.2, -0.15) is 0 Å². The Balaban J connectivity index is 3.87. The molecule has 5 heteroatoms. The number of esters is 1. The lowest BCUT2D eigenvalue weighted by molar-refractivity contribution is -0.149. The van der Waals surface area contributed by atoms with Crippen molar-refractivity contribution in [2.75, 3.05) is 13.7 Å². The van der Waals surface area contributed by atoms with Crippen molar-refractivity contribution in [1.82, 2.24) is 0 Å². The van der Waals surface area contributed by atoms with E-state index >= 15 is 0 Å². The van der Waals surface area contributed by atoms with Gasteiger partial charge in [0.05, 0.1) is 7.11 Å². The van der Waals surface area contributed by atoms with Gasteiger partial charge in [-0.05, 0) is 37.9 Å². The third-order valence-corrected chi connectivity index (χ3v) is 9.17. The summed E-state index contributed by atoms with van der Waals surface area (Å²) in [6, 6.07) is 0. The number of hydrogen-bond donors (Lipinski definition) is 0. The van der Waals surface area contributed by atoms with Crippen LogP contribution in [0, 0.1) is 5.92 Å². The molecule has 0 saturated heterocycles. The van der Waals surface area contributed by atoms with Gasteiger partial charge in [-0.15, -0.1) is 0 Å². The van der Waals surface area contributed by atoms with Crippen LogP contribution in [0.1, 0.15) is 59.8 Å². The standard InChI is InChI=1S/C17H34O4Si/c1-14(18)15(16(19)20-5)12-10-8-9-11-13-21-22(6,7)17(2,3)4/h15H,8-13H2,1-7H3. The molecule has 1 unspecified atom stereocenters. The fourth-order valence-corrected chi connectivity index (χ4v) is 3.06. The summed E-state index contributed by atoms with van der Waals surface area (Å²) < 4.78 is 10.8. The number of hydrogen-bond acceptors (Lipinski definition) is 4. The highest BCUT2D eigenvalue weighted by molar-refractivity contribution is 6.74. The Hall–Kier alpha value is -0.683. The molecular formula is C17H34O4Si. The predicted molar refractivity (Wildman–Crippen MR) is 92.4 cm³/mol. The van der Waals surface area contributed by atoms with Crippen LogP contribution in [0.5, 0.6) is 0 Å². The summed E-state index contributed by atoms with van der Waals surface area (Å²) in [5.41, 5.74) is 0. The molecule has 4 nitrogen and oxygen atoms in total. The molecule has 0 heterocycles. The monoisotopic (exact) mass is 330 g/mol. The molecular weight excluding hydrogens is 296 g/mol. The van der Waals surface area contributed by atoms with E-state index in [0.717, 1.165) is 32.3 Å². The number of ketones is 1. The minimum atomic E-state index is -1.63. The number of unbranched alkanes of at least 4 members (excludes halogenated alkanes) is 3. The average Bonchev–Trinajstić information content (AvgIpc) is 2.39. The van der Waals surface area contributed by atoms with Crippen molar-refractivity contribution in [3.05, 3.63) is 0 Å². The largest absolute Gasteiger partial charge is 0.468 e. The molecule has 130 valence electrons. The van der Waals surface area contributed by atoms with Gasteiger partial charge in [-0.3, -0.25) is 9.59 Å². The fraction of sp³-hybridized carbons (Fsp3) is 0.882. The Morgan fingerprint density at radius 2 is 1.59 bits per heavy atom. The van der Waals surface area contributed by atoms with Gasteiger partial charge in [0.1, 0.15) is 11.7 Å². The van der Waals surface area contributed by atoms with Crippen molar-refractivity contribution < 1.29 is 18.8 Å². The number of Topliss-reactive ketones (excluding diaryl/α,β-unsaturated/α-hetero) is 1. The molecule has 0 N–H and O–H groups in total. The van der Waals surface area contributed by atoms with Crippen LogP contribution in [0.2, 0.25) is 18.1 Å². The topological polar surface area (TPSA) is 52.6 Å². The van der Waals surface area contributed by atoms with Crippen molar-refractivity contribution in [2.45, 2.75) is 77.9 Å². The van der Waals surface area contributed by atoms with Crippen molar-refractivity contribution in [1.29, 1.82) is 0 Å². The number of carbonyl (C=O) groups is 2. The summed E-state index contributed by atoms with van der Waals surface area (Å²) >= 11 is 0. The summed E-state index contributed by atoms with van der Waals surface area (Å²) in [5.74, 6) is -1.10. The first-order valence-electron chi connectivity index (χ1n) is 8.25. The SMILES string of the molecule is COC(=O)C(CCCCCCO[Si](C)(C)C(C)(C)C)C(C)=O. The second-order valence-corrected chi connectivity index (χ2v) is 12.3. The molecule has 0 aliphatic rings. The maximum absolute atomic E-state index is 11.5. The minimum Gasteiger partial charge on any atom is -0.468 e.